The number of urea groups is 1. The third-order valence-electron chi connectivity index (χ3n) is 3.31. The zero-order valence-electron chi connectivity index (χ0n) is 12.6. The Hall–Kier alpha value is -2.04. The van der Waals surface area contributed by atoms with Crippen LogP contribution in [0.3, 0.4) is 0 Å². The number of nitrogens with one attached hydrogen (secondary N) is 2. The van der Waals surface area contributed by atoms with Gasteiger partial charge in [0, 0.05) is 6.04 Å². The molecule has 0 spiro atoms. The minimum absolute atomic E-state index is 0.0522. The Morgan fingerprint density at radius 2 is 1.81 bits per heavy atom. The average molecular weight is 292 g/mol. The second-order valence-electron chi connectivity index (χ2n) is 5.07. The van der Waals surface area contributed by atoms with Crippen LogP contribution in [0.1, 0.15) is 51.1 Å². The molecule has 3 N–H and O–H groups in total. The number of benzene rings is 1. The van der Waals surface area contributed by atoms with Crippen molar-refractivity contribution < 1.29 is 14.7 Å². The van der Waals surface area contributed by atoms with E-state index >= 15 is 0 Å². The molecule has 5 heteroatoms. The van der Waals surface area contributed by atoms with Gasteiger partial charge in [-0.05, 0) is 18.4 Å². The van der Waals surface area contributed by atoms with Crippen molar-refractivity contribution >= 4 is 12.0 Å². The van der Waals surface area contributed by atoms with Crippen molar-refractivity contribution in [2.24, 2.45) is 0 Å². The molecule has 0 bridgehead atoms. The van der Waals surface area contributed by atoms with E-state index in [0.717, 1.165) is 18.4 Å². The third-order valence-corrected chi connectivity index (χ3v) is 3.31. The molecular formula is C16H24N2O3. The van der Waals surface area contributed by atoms with Gasteiger partial charge >= 0.3 is 12.0 Å². The first-order valence-corrected chi connectivity index (χ1v) is 7.40. The fourth-order valence-electron chi connectivity index (χ4n) is 2.28. The first kappa shape index (κ1) is 17.0. The maximum Gasteiger partial charge on any atom is 0.315 e. The summed E-state index contributed by atoms with van der Waals surface area (Å²) in [6.07, 6.45) is 2.20. The maximum absolute atomic E-state index is 12.0. The zero-order chi connectivity index (χ0) is 15.7. The van der Waals surface area contributed by atoms with Crippen LogP contribution in [0, 0.1) is 0 Å². The zero-order valence-corrected chi connectivity index (χ0v) is 12.6. The molecule has 0 heterocycles. The van der Waals surface area contributed by atoms with Gasteiger partial charge < -0.3 is 15.7 Å². The minimum Gasteiger partial charge on any atom is -0.481 e. The van der Waals surface area contributed by atoms with Gasteiger partial charge in [0.2, 0.25) is 0 Å². The highest BCUT2D eigenvalue weighted by Gasteiger charge is 2.17. The first-order valence-electron chi connectivity index (χ1n) is 7.40. The van der Waals surface area contributed by atoms with E-state index in [-0.39, 0.29) is 24.5 Å². The number of carbonyl (C=O) groups is 2. The van der Waals surface area contributed by atoms with E-state index in [2.05, 4.69) is 10.6 Å². The van der Waals surface area contributed by atoms with Crippen LogP contribution in [0.2, 0.25) is 0 Å². The molecule has 21 heavy (non-hydrogen) atoms. The Kier molecular flexibility index (Phi) is 7.29. The highest BCUT2D eigenvalue weighted by molar-refractivity contribution is 5.76. The summed E-state index contributed by atoms with van der Waals surface area (Å²) in [5, 5.41) is 14.5. The molecule has 1 aromatic carbocycles. The lowest BCUT2D eigenvalue weighted by molar-refractivity contribution is -0.137. The quantitative estimate of drug-likeness (QED) is 0.689. The van der Waals surface area contributed by atoms with Gasteiger partial charge in [0.05, 0.1) is 12.5 Å². The Morgan fingerprint density at radius 1 is 1.14 bits per heavy atom. The van der Waals surface area contributed by atoms with Gasteiger partial charge in [-0.3, -0.25) is 4.79 Å². The predicted molar refractivity (Wildman–Crippen MR) is 82.1 cm³/mol. The van der Waals surface area contributed by atoms with Crippen LogP contribution in [0.15, 0.2) is 30.3 Å². The molecule has 2 unspecified atom stereocenters. The van der Waals surface area contributed by atoms with Crippen LogP contribution in [0.25, 0.3) is 0 Å². The summed E-state index contributed by atoms with van der Waals surface area (Å²) in [5.74, 6) is -0.899. The number of carboxylic acids is 1. The third kappa shape index (κ3) is 6.29. The van der Waals surface area contributed by atoms with Gasteiger partial charge in [-0.1, -0.05) is 50.6 Å². The Balaban J connectivity index is 2.59. The van der Waals surface area contributed by atoms with E-state index in [4.69, 9.17) is 5.11 Å². The van der Waals surface area contributed by atoms with Crippen molar-refractivity contribution in [1.82, 2.24) is 10.6 Å². The summed E-state index contributed by atoms with van der Waals surface area (Å²) in [7, 11) is 0. The molecular weight excluding hydrogens is 268 g/mol. The largest absolute Gasteiger partial charge is 0.481 e. The average Bonchev–Trinajstić information content (AvgIpc) is 2.45. The van der Waals surface area contributed by atoms with Crippen molar-refractivity contribution in [3.63, 3.8) is 0 Å². The molecule has 5 nitrogen and oxygen atoms in total. The van der Waals surface area contributed by atoms with Crippen LogP contribution >= 0.6 is 0 Å². The molecule has 0 radical (unpaired) electrons. The van der Waals surface area contributed by atoms with Crippen LogP contribution < -0.4 is 10.6 Å². The number of aliphatic carboxylic acids is 1. The molecule has 0 aliphatic carbocycles. The molecule has 2 amide bonds. The maximum atomic E-state index is 12.0. The molecule has 0 saturated carbocycles. The molecule has 1 aromatic rings. The van der Waals surface area contributed by atoms with Gasteiger partial charge in [-0.15, -0.1) is 0 Å². The van der Waals surface area contributed by atoms with Gasteiger partial charge in [0.15, 0.2) is 0 Å². The lowest BCUT2D eigenvalue weighted by Gasteiger charge is -2.21. The molecule has 0 aromatic heterocycles. The van der Waals surface area contributed by atoms with Crippen molar-refractivity contribution in [1.29, 1.82) is 0 Å². The van der Waals surface area contributed by atoms with Crippen LogP contribution in [0.4, 0.5) is 4.79 Å². The van der Waals surface area contributed by atoms with Gasteiger partial charge in [0.25, 0.3) is 0 Å². The van der Waals surface area contributed by atoms with E-state index in [1.54, 1.807) is 0 Å². The van der Waals surface area contributed by atoms with E-state index in [1.165, 1.54) is 0 Å². The second-order valence-corrected chi connectivity index (χ2v) is 5.07. The highest BCUT2D eigenvalue weighted by Crippen LogP contribution is 2.15. The fraction of sp³-hybridized carbons (Fsp3) is 0.500. The topological polar surface area (TPSA) is 78.4 Å². The van der Waals surface area contributed by atoms with Gasteiger partial charge in [0.1, 0.15) is 0 Å². The lowest BCUT2D eigenvalue weighted by atomic mass is 10.0. The summed E-state index contributed by atoms with van der Waals surface area (Å²) in [6, 6.07) is 9.01. The molecule has 116 valence electrons. The van der Waals surface area contributed by atoms with Crippen LogP contribution in [0.5, 0.6) is 0 Å². The summed E-state index contributed by atoms with van der Waals surface area (Å²) in [5.41, 5.74) is 1.04. The minimum atomic E-state index is -0.899. The molecule has 1 rings (SSSR count). The summed E-state index contributed by atoms with van der Waals surface area (Å²) in [6.45, 7) is 3.96. The summed E-state index contributed by atoms with van der Waals surface area (Å²) in [4.78, 5) is 22.8. The SMILES string of the molecule is CCCC(CC(=O)O)NC(=O)NC(CC)c1ccccc1. The number of hydrogen-bond donors (Lipinski definition) is 3. The van der Waals surface area contributed by atoms with E-state index < -0.39 is 5.97 Å². The lowest BCUT2D eigenvalue weighted by Crippen LogP contribution is -2.44. The van der Waals surface area contributed by atoms with E-state index in [9.17, 15) is 9.59 Å². The Labute approximate surface area is 125 Å². The first-order chi connectivity index (χ1) is 10.1. The smallest absolute Gasteiger partial charge is 0.315 e. The second kappa shape index (κ2) is 9.00. The van der Waals surface area contributed by atoms with Crippen LogP contribution in [-0.4, -0.2) is 23.1 Å². The molecule has 0 saturated heterocycles. The van der Waals surface area contributed by atoms with Crippen LogP contribution in [-0.2, 0) is 4.79 Å². The predicted octanol–water partition coefficient (Wildman–Crippen LogP) is 3.08. The number of carbonyl (C=O) groups excluding carboxylic acids is 1. The monoisotopic (exact) mass is 292 g/mol. The number of rotatable bonds is 8. The molecule has 0 aliphatic heterocycles. The fourth-order valence-corrected chi connectivity index (χ4v) is 2.28. The molecule has 2 atom stereocenters. The van der Waals surface area contributed by atoms with Crippen molar-refractivity contribution in [3.8, 4) is 0 Å². The number of hydrogen-bond acceptors (Lipinski definition) is 2. The van der Waals surface area contributed by atoms with Gasteiger partial charge in [-0.2, -0.15) is 0 Å². The van der Waals surface area contributed by atoms with Crippen molar-refractivity contribution in [3.05, 3.63) is 35.9 Å². The van der Waals surface area contributed by atoms with Crippen molar-refractivity contribution in [2.45, 2.75) is 51.6 Å². The summed E-state index contributed by atoms with van der Waals surface area (Å²) < 4.78 is 0. The summed E-state index contributed by atoms with van der Waals surface area (Å²) >= 11 is 0. The highest BCUT2D eigenvalue weighted by atomic mass is 16.4. The van der Waals surface area contributed by atoms with Gasteiger partial charge in [-0.25, -0.2) is 4.79 Å². The Morgan fingerprint density at radius 3 is 2.33 bits per heavy atom. The van der Waals surface area contributed by atoms with E-state index in [1.807, 2.05) is 44.2 Å². The van der Waals surface area contributed by atoms with Crippen molar-refractivity contribution in [2.75, 3.05) is 0 Å². The number of amides is 2. The Bertz CT molecular complexity index is 448. The standard InChI is InChI=1S/C16H24N2O3/c1-3-8-13(11-15(19)20)17-16(21)18-14(4-2)12-9-6-5-7-10-12/h5-7,9-10,13-14H,3-4,8,11H2,1-2H3,(H,19,20)(H2,17,18,21). The van der Waals surface area contributed by atoms with E-state index in [0.29, 0.717) is 6.42 Å². The molecule has 0 aliphatic rings. The number of carboxylic acid groups (broad SMARTS) is 1. The molecule has 0 fully saturated rings. The normalized spacial score (nSPS) is 13.2.